The van der Waals surface area contributed by atoms with Crippen molar-refractivity contribution in [2.45, 2.75) is 6.10 Å². The van der Waals surface area contributed by atoms with Gasteiger partial charge in [0.2, 0.25) is 0 Å². The summed E-state index contributed by atoms with van der Waals surface area (Å²) in [4.78, 5) is 2.00. The zero-order chi connectivity index (χ0) is 15.1. The van der Waals surface area contributed by atoms with Crippen LogP contribution in [0.3, 0.4) is 0 Å². The zero-order valence-electron chi connectivity index (χ0n) is 12.4. The number of hydrogen-bond donors (Lipinski definition) is 1. The third-order valence-electron chi connectivity index (χ3n) is 3.18. The van der Waals surface area contributed by atoms with Gasteiger partial charge in [0.15, 0.2) is 0 Å². The Balaban J connectivity index is 1.80. The lowest BCUT2D eigenvalue weighted by Crippen LogP contribution is -2.33. The van der Waals surface area contributed by atoms with Crippen LogP contribution in [0.2, 0.25) is 0 Å². The van der Waals surface area contributed by atoms with E-state index in [1.54, 1.807) is 7.11 Å². The molecule has 0 saturated heterocycles. The van der Waals surface area contributed by atoms with Gasteiger partial charge in [-0.15, -0.1) is 0 Å². The Bertz CT molecular complexity index is 527. The molecule has 1 N–H and O–H groups in total. The number of aliphatic hydroxyl groups excluding tert-OH is 1. The average molecular weight is 287 g/mol. The molecule has 21 heavy (non-hydrogen) atoms. The Morgan fingerprint density at radius 1 is 1.00 bits per heavy atom. The second-order valence-electron chi connectivity index (χ2n) is 4.86. The van der Waals surface area contributed by atoms with Gasteiger partial charge in [0.25, 0.3) is 0 Å². The number of benzene rings is 2. The molecule has 0 aliphatic rings. The van der Waals surface area contributed by atoms with E-state index in [2.05, 4.69) is 0 Å². The monoisotopic (exact) mass is 287 g/mol. The largest absolute Gasteiger partial charge is 0.497 e. The summed E-state index contributed by atoms with van der Waals surface area (Å²) in [5, 5.41) is 10.1. The second kappa shape index (κ2) is 7.55. The first-order valence-corrected chi connectivity index (χ1v) is 6.90. The van der Waals surface area contributed by atoms with Crippen LogP contribution in [0, 0.1) is 0 Å². The third-order valence-corrected chi connectivity index (χ3v) is 3.18. The number of likely N-dealkylation sites (N-methyl/N-ethyl adjacent to an activating group) is 1. The quantitative estimate of drug-likeness (QED) is 0.850. The van der Waals surface area contributed by atoms with Gasteiger partial charge in [-0.2, -0.15) is 0 Å². The molecular weight excluding hydrogens is 266 g/mol. The zero-order valence-corrected chi connectivity index (χ0v) is 12.4. The van der Waals surface area contributed by atoms with Crippen molar-refractivity contribution in [1.29, 1.82) is 0 Å². The third kappa shape index (κ3) is 4.68. The highest BCUT2D eigenvalue weighted by molar-refractivity contribution is 5.45. The second-order valence-corrected chi connectivity index (χ2v) is 4.86. The van der Waals surface area contributed by atoms with Crippen molar-refractivity contribution in [3.63, 3.8) is 0 Å². The lowest BCUT2D eigenvalue weighted by molar-refractivity contribution is 0.113. The summed E-state index contributed by atoms with van der Waals surface area (Å²) in [6.45, 7) is 0.768. The topological polar surface area (TPSA) is 41.9 Å². The lowest BCUT2D eigenvalue weighted by Gasteiger charge is -2.22. The number of ether oxygens (including phenoxy) is 2. The molecule has 0 spiro atoms. The predicted octanol–water partition coefficient (Wildman–Crippen LogP) is 2.57. The molecule has 1 atom stereocenters. The van der Waals surface area contributed by atoms with Crippen LogP contribution in [0.15, 0.2) is 54.6 Å². The number of rotatable bonds is 7. The molecule has 1 unspecified atom stereocenters. The van der Waals surface area contributed by atoms with Crippen molar-refractivity contribution in [2.75, 3.05) is 32.2 Å². The normalized spacial score (nSPS) is 11.8. The van der Waals surface area contributed by atoms with Gasteiger partial charge in [-0.05, 0) is 36.4 Å². The van der Waals surface area contributed by atoms with Crippen LogP contribution in [-0.4, -0.2) is 38.5 Å². The molecule has 4 heteroatoms. The molecule has 0 fully saturated rings. The number of anilines is 1. The first-order valence-electron chi connectivity index (χ1n) is 6.90. The Hall–Kier alpha value is -2.20. The van der Waals surface area contributed by atoms with Gasteiger partial charge in [-0.25, -0.2) is 0 Å². The summed E-state index contributed by atoms with van der Waals surface area (Å²) in [5.74, 6) is 1.50. The minimum absolute atomic E-state index is 0.253. The molecule has 0 aromatic heterocycles. The maximum atomic E-state index is 10.1. The van der Waals surface area contributed by atoms with Crippen LogP contribution >= 0.6 is 0 Å². The van der Waals surface area contributed by atoms with Crippen molar-refractivity contribution in [3.8, 4) is 11.5 Å². The number of methoxy groups -OCH3 is 1. The summed E-state index contributed by atoms with van der Waals surface area (Å²) in [6, 6.07) is 17.3. The van der Waals surface area contributed by atoms with E-state index in [-0.39, 0.29) is 6.61 Å². The van der Waals surface area contributed by atoms with Gasteiger partial charge in [-0.3, -0.25) is 0 Å². The summed E-state index contributed by atoms with van der Waals surface area (Å²) >= 11 is 0. The van der Waals surface area contributed by atoms with Gasteiger partial charge >= 0.3 is 0 Å². The number of para-hydroxylation sites is 1. The fourth-order valence-electron chi connectivity index (χ4n) is 2.02. The molecule has 0 amide bonds. The smallest absolute Gasteiger partial charge is 0.119 e. The van der Waals surface area contributed by atoms with Crippen molar-refractivity contribution in [3.05, 3.63) is 54.6 Å². The van der Waals surface area contributed by atoms with Gasteiger partial charge < -0.3 is 19.5 Å². The van der Waals surface area contributed by atoms with Crippen LogP contribution in [0.1, 0.15) is 0 Å². The fourth-order valence-corrected chi connectivity index (χ4v) is 2.02. The Morgan fingerprint density at radius 3 is 2.24 bits per heavy atom. The van der Waals surface area contributed by atoms with E-state index in [4.69, 9.17) is 9.47 Å². The van der Waals surface area contributed by atoms with E-state index in [9.17, 15) is 5.11 Å². The molecule has 0 saturated carbocycles. The van der Waals surface area contributed by atoms with E-state index in [1.165, 1.54) is 0 Å². The number of nitrogens with zero attached hydrogens (tertiary/aromatic N) is 1. The van der Waals surface area contributed by atoms with Crippen LogP contribution < -0.4 is 14.4 Å². The van der Waals surface area contributed by atoms with Gasteiger partial charge in [0.1, 0.15) is 24.2 Å². The Labute approximate surface area is 125 Å². The van der Waals surface area contributed by atoms with Gasteiger partial charge in [0, 0.05) is 19.3 Å². The molecular formula is C17H21NO3. The van der Waals surface area contributed by atoms with Gasteiger partial charge in [0.05, 0.1) is 7.11 Å². The molecule has 0 aliphatic heterocycles. The molecule has 0 aliphatic carbocycles. The molecule has 2 aromatic rings. The van der Waals surface area contributed by atoms with E-state index in [1.807, 2.05) is 66.5 Å². The molecule has 0 bridgehead atoms. The molecule has 0 heterocycles. The molecule has 2 aromatic carbocycles. The van der Waals surface area contributed by atoms with Crippen LogP contribution in [0.4, 0.5) is 5.69 Å². The van der Waals surface area contributed by atoms with Crippen molar-refractivity contribution < 1.29 is 14.6 Å². The first-order chi connectivity index (χ1) is 10.2. The van der Waals surface area contributed by atoms with Crippen LogP contribution in [0.5, 0.6) is 11.5 Å². The van der Waals surface area contributed by atoms with E-state index in [0.717, 1.165) is 17.2 Å². The summed E-state index contributed by atoms with van der Waals surface area (Å²) in [7, 11) is 3.57. The Kier molecular flexibility index (Phi) is 5.46. The predicted molar refractivity (Wildman–Crippen MR) is 84.2 cm³/mol. The van der Waals surface area contributed by atoms with Crippen LogP contribution in [-0.2, 0) is 0 Å². The van der Waals surface area contributed by atoms with Crippen molar-refractivity contribution in [2.24, 2.45) is 0 Å². The van der Waals surface area contributed by atoms with Crippen molar-refractivity contribution >= 4 is 5.69 Å². The highest BCUT2D eigenvalue weighted by Crippen LogP contribution is 2.17. The maximum Gasteiger partial charge on any atom is 0.119 e. The summed E-state index contributed by atoms with van der Waals surface area (Å²) in [5.41, 5.74) is 1.07. The van der Waals surface area contributed by atoms with Gasteiger partial charge in [-0.1, -0.05) is 18.2 Å². The van der Waals surface area contributed by atoms with Crippen molar-refractivity contribution in [1.82, 2.24) is 0 Å². The Morgan fingerprint density at radius 2 is 1.62 bits per heavy atom. The van der Waals surface area contributed by atoms with Crippen LogP contribution in [0.25, 0.3) is 0 Å². The number of hydrogen-bond acceptors (Lipinski definition) is 4. The molecule has 0 radical (unpaired) electrons. The lowest BCUT2D eigenvalue weighted by atomic mass is 10.2. The average Bonchev–Trinajstić information content (AvgIpc) is 2.54. The summed E-state index contributed by atoms with van der Waals surface area (Å²) in [6.07, 6.45) is -0.558. The number of aliphatic hydroxyl groups is 1. The summed E-state index contributed by atoms with van der Waals surface area (Å²) < 4.78 is 10.7. The van der Waals surface area contributed by atoms with E-state index >= 15 is 0 Å². The SMILES string of the molecule is COc1ccc(OCC(O)CN(C)c2ccccc2)cc1. The highest BCUT2D eigenvalue weighted by Gasteiger charge is 2.09. The van der Waals surface area contributed by atoms with E-state index in [0.29, 0.717) is 6.54 Å². The standard InChI is InChI=1S/C17H21NO3/c1-18(14-6-4-3-5-7-14)12-15(19)13-21-17-10-8-16(20-2)9-11-17/h3-11,15,19H,12-13H2,1-2H3. The molecule has 4 nitrogen and oxygen atoms in total. The fraction of sp³-hybridized carbons (Fsp3) is 0.294. The maximum absolute atomic E-state index is 10.1. The minimum atomic E-state index is -0.558. The molecule has 2 rings (SSSR count). The first kappa shape index (κ1) is 15.2. The molecule has 112 valence electrons. The highest BCUT2D eigenvalue weighted by atomic mass is 16.5. The van der Waals surface area contributed by atoms with E-state index < -0.39 is 6.10 Å². The minimum Gasteiger partial charge on any atom is -0.497 e.